The maximum atomic E-state index is 11.9. The summed E-state index contributed by atoms with van der Waals surface area (Å²) in [4.78, 5) is 25.4. The van der Waals surface area contributed by atoms with E-state index in [9.17, 15) is 52.8 Å². The second-order valence-corrected chi connectivity index (χ2v) is 13.1. The first-order valence-corrected chi connectivity index (χ1v) is 16.9. The monoisotopic (exact) mass is 678 g/mol. The van der Waals surface area contributed by atoms with E-state index in [2.05, 4.69) is 31.1 Å². The van der Waals surface area contributed by atoms with Crippen LogP contribution in [0.15, 0.2) is 4.99 Å². The fraction of sp³-hybridized carbons (Fsp3) is 0.917. The number of carbonyl (C=O) groups is 1. The number of quaternary nitrogens is 1. The van der Waals surface area contributed by atoms with Gasteiger partial charge < -0.3 is 18.7 Å². The number of alkyl halides is 6. The summed E-state index contributed by atoms with van der Waals surface area (Å²) in [6, 6.07) is 0. The van der Waals surface area contributed by atoms with Crippen molar-refractivity contribution < 1.29 is 62.0 Å². The first-order chi connectivity index (χ1) is 19.8. The quantitative estimate of drug-likeness (QED) is 0.0523. The van der Waals surface area contributed by atoms with E-state index >= 15 is 0 Å². The van der Waals surface area contributed by atoms with Gasteiger partial charge in [-0.2, -0.15) is 26.3 Å². The number of halogens is 6. The van der Waals surface area contributed by atoms with Crippen LogP contribution < -0.4 is 5.32 Å². The first-order valence-electron chi connectivity index (χ1n) is 14.0. The third-order valence-electron chi connectivity index (χ3n) is 6.07. The van der Waals surface area contributed by atoms with Crippen molar-refractivity contribution in [1.82, 2.24) is 5.32 Å². The highest BCUT2D eigenvalue weighted by atomic mass is 32.3. The lowest BCUT2D eigenvalue weighted by atomic mass is 10.1. The number of isocyanates is 1. The SMILES string of the molecule is CCCC[N+](CCCC)(CCCC)CCOC(=O)NCCCCCCN=C=O.O=S(=O)([N-]S(=O)(=O)C(F)(F)F)C(F)(F)F. The Hall–Kier alpha value is -1.95. The van der Waals surface area contributed by atoms with Gasteiger partial charge in [0.05, 0.1) is 26.2 Å². The van der Waals surface area contributed by atoms with Crippen LogP contribution in [0, 0.1) is 0 Å². The fourth-order valence-corrected chi connectivity index (χ4v) is 5.36. The number of carbonyl (C=O) groups excluding carboxylic acids is 2. The molecule has 19 heteroatoms. The molecule has 0 heterocycles. The lowest BCUT2D eigenvalue weighted by Crippen LogP contribution is -2.52. The van der Waals surface area contributed by atoms with E-state index in [-0.39, 0.29) is 6.09 Å². The van der Waals surface area contributed by atoms with Gasteiger partial charge in [0.15, 0.2) is 20.0 Å². The van der Waals surface area contributed by atoms with Gasteiger partial charge in [-0.15, -0.1) is 0 Å². The molecule has 0 fully saturated rings. The number of nitrogens with zero attached hydrogens (tertiary/aromatic N) is 3. The number of ether oxygens (including phenoxy) is 1. The third kappa shape index (κ3) is 19.8. The van der Waals surface area contributed by atoms with Gasteiger partial charge in [0.2, 0.25) is 6.08 Å². The van der Waals surface area contributed by atoms with Crippen molar-refractivity contribution in [3.05, 3.63) is 4.13 Å². The molecule has 0 aliphatic rings. The largest absolute Gasteiger partial charge is 0.480 e. The van der Waals surface area contributed by atoms with Crippen LogP contribution >= 0.6 is 0 Å². The van der Waals surface area contributed by atoms with E-state index in [1.54, 1.807) is 6.08 Å². The van der Waals surface area contributed by atoms with Crippen molar-refractivity contribution in [3.8, 4) is 0 Å². The maximum Gasteiger partial charge on any atom is 0.480 e. The second-order valence-electron chi connectivity index (χ2n) is 9.66. The minimum absolute atomic E-state index is 0.301. The number of rotatable bonds is 21. The molecule has 256 valence electrons. The summed E-state index contributed by atoms with van der Waals surface area (Å²) >= 11 is 0. The Kier molecular flexibility index (Phi) is 21.8. The predicted molar refractivity (Wildman–Crippen MR) is 149 cm³/mol. The topological polar surface area (TPSA) is 150 Å². The standard InChI is InChI=1S/C22H43N3O3.C2F6NO4S2/c1-4-7-16-25(17-8-5-2,18-9-6-3)19-20-28-22(27)24-15-13-11-10-12-14-23-21-26;3-1(4,5)14(10,11)9-15(12,13)2(6,7)8/h4-20H2,1-3H3;/q;-1/p+1. The van der Waals surface area contributed by atoms with Gasteiger partial charge in [-0.25, -0.2) is 31.4 Å². The molecule has 11 nitrogen and oxygen atoms in total. The molecule has 1 amide bonds. The molecule has 0 aliphatic heterocycles. The molecular formula is C24H44F6N4O7S2. The number of hydrogen-bond acceptors (Lipinski definition) is 8. The minimum Gasteiger partial charge on any atom is -0.444 e. The van der Waals surface area contributed by atoms with Crippen LogP contribution in [0.1, 0.15) is 85.0 Å². The zero-order valence-corrected chi connectivity index (χ0v) is 26.4. The second kappa shape index (κ2) is 21.7. The number of aliphatic imine (C=N–C) groups is 1. The van der Waals surface area contributed by atoms with E-state index in [1.807, 2.05) is 0 Å². The average molecular weight is 679 g/mol. The lowest BCUT2D eigenvalue weighted by molar-refractivity contribution is -0.929. The molecule has 0 bridgehead atoms. The van der Waals surface area contributed by atoms with Crippen LogP contribution in [0.4, 0.5) is 31.1 Å². The van der Waals surface area contributed by atoms with Gasteiger partial charge in [-0.1, -0.05) is 52.9 Å². The van der Waals surface area contributed by atoms with E-state index in [4.69, 9.17) is 4.74 Å². The fourth-order valence-electron chi connectivity index (χ4n) is 3.65. The molecule has 1 N–H and O–H groups in total. The predicted octanol–water partition coefficient (Wildman–Crippen LogP) is 5.89. The van der Waals surface area contributed by atoms with Crippen molar-refractivity contribution in [1.29, 1.82) is 0 Å². The first kappa shape index (κ1) is 43.2. The molecule has 43 heavy (non-hydrogen) atoms. The number of sulfonamides is 2. The van der Waals surface area contributed by atoms with E-state index in [0.29, 0.717) is 19.7 Å². The molecular weight excluding hydrogens is 634 g/mol. The summed E-state index contributed by atoms with van der Waals surface area (Å²) in [6.07, 6.45) is 12.4. The third-order valence-corrected chi connectivity index (χ3v) is 8.81. The Balaban J connectivity index is 0. The average Bonchev–Trinajstić information content (AvgIpc) is 2.89. The van der Waals surface area contributed by atoms with Crippen molar-refractivity contribution in [2.24, 2.45) is 4.99 Å². The Morgan fingerprint density at radius 3 is 1.60 bits per heavy atom. The summed E-state index contributed by atoms with van der Waals surface area (Å²) in [5.41, 5.74) is -12.4. The van der Waals surface area contributed by atoms with Gasteiger partial charge in [-0.05, 0) is 32.1 Å². The minimum atomic E-state index is -6.72. The van der Waals surface area contributed by atoms with Gasteiger partial charge in [0, 0.05) is 6.54 Å². The molecule has 0 saturated heterocycles. The van der Waals surface area contributed by atoms with Crippen molar-refractivity contribution in [2.75, 3.05) is 45.9 Å². The number of alkyl carbamates (subject to hydrolysis) is 1. The molecule has 0 aromatic carbocycles. The van der Waals surface area contributed by atoms with E-state index in [1.165, 1.54) is 58.2 Å². The normalized spacial score (nSPS) is 12.6. The van der Waals surface area contributed by atoms with Crippen LogP contribution in [-0.2, 0) is 29.6 Å². The number of nitrogens with one attached hydrogen (secondary N) is 1. The summed E-state index contributed by atoms with van der Waals surface area (Å²) in [7, 11) is -13.4. The van der Waals surface area contributed by atoms with Crippen LogP contribution in [0.3, 0.4) is 0 Å². The summed E-state index contributed by atoms with van der Waals surface area (Å²) < 4.78 is 116. The van der Waals surface area contributed by atoms with Crippen molar-refractivity contribution >= 4 is 32.2 Å². The number of unbranched alkanes of at least 4 members (excludes halogenated alkanes) is 6. The highest BCUT2D eigenvalue weighted by Crippen LogP contribution is 2.36. The molecule has 0 unspecified atom stereocenters. The molecule has 0 saturated carbocycles. The molecule has 0 aromatic rings. The van der Waals surface area contributed by atoms with E-state index in [0.717, 1.165) is 40.8 Å². The van der Waals surface area contributed by atoms with E-state index < -0.39 is 31.1 Å². The van der Waals surface area contributed by atoms with Gasteiger partial charge >= 0.3 is 17.1 Å². The summed E-state index contributed by atoms with van der Waals surface area (Å²) in [5, 5.41) is 2.85. The zero-order chi connectivity index (χ0) is 33.6. The zero-order valence-electron chi connectivity index (χ0n) is 24.8. The van der Waals surface area contributed by atoms with Gasteiger partial charge in [0.25, 0.3) is 0 Å². The smallest absolute Gasteiger partial charge is 0.444 e. The molecule has 0 spiro atoms. The molecule has 0 atom stereocenters. The highest BCUT2D eigenvalue weighted by molar-refractivity contribution is 8.13. The maximum absolute atomic E-state index is 11.9. The summed E-state index contributed by atoms with van der Waals surface area (Å²) in [5.74, 6) is 0. The summed E-state index contributed by atoms with van der Waals surface area (Å²) in [6.45, 7) is 12.9. The number of amides is 1. The molecule has 0 radical (unpaired) electrons. The molecule has 0 aliphatic carbocycles. The lowest BCUT2D eigenvalue weighted by Gasteiger charge is -2.39. The Morgan fingerprint density at radius 1 is 0.767 bits per heavy atom. The Bertz CT molecular complexity index is 970. The van der Waals surface area contributed by atoms with Crippen LogP contribution in [0.2, 0.25) is 0 Å². The van der Waals surface area contributed by atoms with Crippen molar-refractivity contribution in [3.63, 3.8) is 0 Å². The molecule has 0 aromatic heterocycles. The van der Waals surface area contributed by atoms with Gasteiger partial charge in [0.1, 0.15) is 13.2 Å². The Morgan fingerprint density at radius 2 is 1.21 bits per heavy atom. The highest BCUT2D eigenvalue weighted by Gasteiger charge is 2.47. The van der Waals surface area contributed by atoms with Crippen LogP contribution in [-0.4, -0.2) is 90.4 Å². The van der Waals surface area contributed by atoms with Gasteiger partial charge in [-0.3, -0.25) is 0 Å². The van der Waals surface area contributed by atoms with Crippen LogP contribution in [0.5, 0.6) is 0 Å². The van der Waals surface area contributed by atoms with Crippen LogP contribution in [0.25, 0.3) is 4.13 Å². The Labute approximate surface area is 250 Å². The van der Waals surface area contributed by atoms with Crippen molar-refractivity contribution in [2.45, 2.75) is 96.0 Å². The molecule has 0 rings (SSSR count). The number of hydrogen-bond donors (Lipinski definition) is 1.